The van der Waals surface area contributed by atoms with Gasteiger partial charge >= 0.3 is 11.9 Å². The number of rotatable bonds is 12. The number of nitrogens with one attached hydrogen (secondary N) is 1. The van der Waals surface area contributed by atoms with E-state index in [1.807, 2.05) is 37.3 Å². The van der Waals surface area contributed by atoms with Crippen molar-refractivity contribution in [1.29, 1.82) is 0 Å². The van der Waals surface area contributed by atoms with Gasteiger partial charge in [-0.15, -0.1) is 0 Å². The van der Waals surface area contributed by atoms with Gasteiger partial charge in [0.15, 0.2) is 6.10 Å². The molecule has 4 N–H and O–H groups in total. The van der Waals surface area contributed by atoms with Crippen molar-refractivity contribution < 1.29 is 29.7 Å². The Morgan fingerprint density at radius 3 is 2.23 bits per heavy atom. The average molecular weight is 542 g/mol. The number of aromatic carboxylic acids is 1. The Balaban J connectivity index is 1.54. The fraction of sp³-hybridized carbons (Fsp3) is 0.226. The van der Waals surface area contributed by atoms with E-state index in [2.05, 4.69) is 10.4 Å². The first-order chi connectivity index (χ1) is 19.3. The van der Waals surface area contributed by atoms with Crippen LogP contribution < -0.4 is 5.32 Å². The van der Waals surface area contributed by atoms with Crippen LogP contribution in [0.1, 0.15) is 51.0 Å². The predicted octanol–water partition coefficient (Wildman–Crippen LogP) is 4.04. The zero-order valence-electron chi connectivity index (χ0n) is 22.0. The van der Waals surface area contributed by atoms with Crippen LogP contribution in [0.3, 0.4) is 0 Å². The number of amides is 1. The van der Waals surface area contributed by atoms with E-state index in [-0.39, 0.29) is 17.7 Å². The number of benzene rings is 3. The van der Waals surface area contributed by atoms with Crippen LogP contribution in [0.4, 0.5) is 0 Å². The summed E-state index contributed by atoms with van der Waals surface area (Å²) >= 11 is 0. The molecule has 0 bridgehead atoms. The van der Waals surface area contributed by atoms with Gasteiger partial charge in [0.05, 0.1) is 18.2 Å². The van der Waals surface area contributed by atoms with Crippen LogP contribution in [0, 0.1) is 0 Å². The van der Waals surface area contributed by atoms with Gasteiger partial charge < -0.3 is 20.6 Å². The van der Waals surface area contributed by atoms with Crippen molar-refractivity contribution >= 4 is 17.8 Å². The molecular weight excluding hydrogens is 510 g/mol. The molecule has 0 unspecified atom stereocenters. The molecule has 4 rings (SSSR count). The minimum Gasteiger partial charge on any atom is -0.479 e. The van der Waals surface area contributed by atoms with Crippen LogP contribution in [-0.2, 0) is 24.2 Å². The Kier molecular flexibility index (Phi) is 9.08. The number of hydrogen-bond acceptors (Lipinski definition) is 5. The molecule has 0 fully saturated rings. The van der Waals surface area contributed by atoms with Crippen molar-refractivity contribution in [3.63, 3.8) is 0 Å². The minimum atomic E-state index is -1.79. The number of aryl methyl sites for hydroxylation is 1. The zero-order valence-corrected chi connectivity index (χ0v) is 22.0. The Hall–Kier alpha value is -4.76. The molecule has 9 nitrogen and oxygen atoms in total. The second-order valence-corrected chi connectivity index (χ2v) is 9.53. The van der Waals surface area contributed by atoms with Gasteiger partial charge in [-0.25, -0.2) is 9.59 Å². The summed E-state index contributed by atoms with van der Waals surface area (Å²) < 4.78 is 1.73. The third-order valence-electron chi connectivity index (χ3n) is 6.61. The minimum absolute atomic E-state index is 0.131. The molecule has 0 saturated heterocycles. The van der Waals surface area contributed by atoms with E-state index in [1.165, 1.54) is 0 Å². The van der Waals surface area contributed by atoms with Crippen LogP contribution >= 0.6 is 0 Å². The highest BCUT2D eigenvalue weighted by atomic mass is 16.4. The molecule has 0 radical (unpaired) electrons. The molecule has 40 heavy (non-hydrogen) atoms. The Morgan fingerprint density at radius 1 is 0.900 bits per heavy atom. The number of carbonyl (C=O) groups excluding carboxylic acids is 1. The summed E-state index contributed by atoms with van der Waals surface area (Å²) in [5.41, 5.74) is 4.28. The molecule has 9 heteroatoms. The summed E-state index contributed by atoms with van der Waals surface area (Å²) in [6.45, 7) is 2.40. The first-order valence-electron chi connectivity index (χ1n) is 13.0. The van der Waals surface area contributed by atoms with Crippen molar-refractivity contribution in [2.24, 2.45) is 0 Å². The van der Waals surface area contributed by atoms with Gasteiger partial charge in [0.25, 0.3) is 5.91 Å². The van der Waals surface area contributed by atoms with E-state index in [4.69, 9.17) is 0 Å². The topological polar surface area (TPSA) is 142 Å². The molecule has 0 spiro atoms. The molecule has 206 valence electrons. The lowest BCUT2D eigenvalue weighted by atomic mass is 9.99. The van der Waals surface area contributed by atoms with Gasteiger partial charge in [0.1, 0.15) is 5.69 Å². The standard InChI is InChI=1S/C31H31N3O6/c1-2-8-23-18-27(29(36)32-26(28(35)31(39)40)17-20-9-4-3-5-10-20)33-34(23)19-21-13-15-22(16-14-21)24-11-6-7-12-25(24)30(37)38/h3-7,9-16,18,26,28,35H,2,8,17,19H2,1H3,(H,32,36)(H,37,38)(H,39,40)/t26-,28-/m1/s1. The van der Waals surface area contributed by atoms with Gasteiger partial charge in [-0.3, -0.25) is 9.48 Å². The lowest BCUT2D eigenvalue weighted by molar-refractivity contribution is -0.148. The molecular formula is C31H31N3O6. The van der Waals surface area contributed by atoms with E-state index < -0.39 is 30.0 Å². The summed E-state index contributed by atoms with van der Waals surface area (Å²) in [6.07, 6.45) is -0.146. The van der Waals surface area contributed by atoms with Gasteiger partial charge in [-0.2, -0.15) is 5.10 Å². The molecule has 1 amide bonds. The molecule has 1 heterocycles. The number of carbonyl (C=O) groups is 3. The monoisotopic (exact) mass is 541 g/mol. The van der Waals surface area contributed by atoms with Crippen LogP contribution in [-0.4, -0.2) is 55.1 Å². The van der Waals surface area contributed by atoms with Gasteiger partial charge in [0, 0.05) is 5.69 Å². The fourth-order valence-electron chi connectivity index (χ4n) is 4.57. The predicted molar refractivity (Wildman–Crippen MR) is 149 cm³/mol. The average Bonchev–Trinajstić information content (AvgIpc) is 3.35. The second kappa shape index (κ2) is 12.9. The highest BCUT2D eigenvalue weighted by Crippen LogP contribution is 2.24. The third kappa shape index (κ3) is 6.81. The molecule has 0 aliphatic heterocycles. The molecule has 3 aromatic carbocycles. The Bertz CT molecular complexity index is 1480. The maximum atomic E-state index is 13.1. The highest BCUT2D eigenvalue weighted by molar-refractivity contribution is 5.96. The number of carboxylic acid groups (broad SMARTS) is 2. The Labute approximate surface area is 231 Å². The number of aliphatic carboxylic acids is 1. The van der Waals surface area contributed by atoms with E-state index in [0.29, 0.717) is 18.5 Å². The lowest BCUT2D eigenvalue weighted by Crippen LogP contribution is -2.48. The first-order valence-corrected chi connectivity index (χ1v) is 13.0. The zero-order chi connectivity index (χ0) is 28.6. The number of hydrogen-bond donors (Lipinski definition) is 4. The number of aromatic nitrogens is 2. The highest BCUT2D eigenvalue weighted by Gasteiger charge is 2.29. The molecule has 4 aromatic rings. The summed E-state index contributed by atoms with van der Waals surface area (Å²) in [5.74, 6) is -2.99. The second-order valence-electron chi connectivity index (χ2n) is 9.53. The molecule has 0 saturated carbocycles. The largest absolute Gasteiger partial charge is 0.479 e. The Morgan fingerprint density at radius 2 is 1.57 bits per heavy atom. The first kappa shape index (κ1) is 28.3. The quantitative estimate of drug-likeness (QED) is 0.212. The SMILES string of the molecule is CCCc1cc(C(=O)N[C@H](Cc2ccccc2)[C@@H](O)C(=O)O)nn1Cc1ccc(-c2ccccc2C(=O)O)cc1. The number of nitrogens with zero attached hydrogens (tertiary/aromatic N) is 2. The van der Waals surface area contributed by atoms with Crippen LogP contribution in [0.25, 0.3) is 11.1 Å². The number of carboxylic acids is 2. The van der Waals surface area contributed by atoms with Crippen molar-refractivity contribution in [1.82, 2.24) is 15.1 Å². The van der Waals surface area contributed by atoms with Crippen LogP contribution in [0.5, 0.6) is 0 Å². The van der Waals surface area contributed by atoms with E-state index >= 15 is 0 Å². The summed E-state index contributed by atoms with van der Waals surface area (Å²) in [7, 11) is 0. The van der Waals surface area contributed by atoms with E-state index in [1.54, 1.807) is 59.3 Å². The van der Waals surface area contributed by atoms with Crippen LogP contribution in [0.2, 0.25) is 0 Å². The van der Waals surface area contributed by atoms with Crippen molar-refractivity contribution in [3.05, 3.63) is 113 Å². The molecule has 0 aliphatic rings. The molecule has 1 aromatic heterocycles. The van der Waals surface area contributed by atoms with Crippen molar-refractivity contribution in [3.8, 4) is 11.1 Å². The van der Waals surface area contributed by atoms with Crippen LogP contribution in [0.15, 0.2) is 84.9 Å². The summed E-state index contributed by atoms with van der Waals surface area (Å²) in [6, 6.07) is 24.0. The maximum Gasteiger partial charge on any atom is 0.336 e. The van der Waals surface area contributed by atoms with Gasteiger partial charge in [-0.05, 0) is 47.2 Å². The van der Waals surface area contributed by atoms with E-state index in [9.17, 15) is 29.7 Å². The molecule has 0 aliphatic carbocycles. The number of aliphatic hydroxyl groups excluding tert-OH is 1. The third-order valence-corrected chi connectivity index (χ3v) is 6.61. The smallest absolute Gasteiger partial charge is 0.336 e. The normalized spacial score (nSPS) is 12.4. The van der Waals surface area contributed by atoms with Crippen molar-refractivity contribution in [2.75, 3.05) is 0 Å². The molecule has 2 atom stereocenters. The summed E-state index contributed by atoms with van der Waals surface area (Å²) in [4.78, 5) is 36.3. The van der Waals surface area contributed by atoms with Gasteiger partial charge in [-0.1, -0.05) is 86.1 Å². The van der Waals surface area contributed by atoms with Crippen molar-refractivity contribution in [2.45, 2.75) is 44.9 Å². The number of aliphatic hydroxyl groups is 1. The van der Waals surface area contributed by atoms with Gasteiger partial charge in [0.2, 0.25) is 0 Å². The lowest BCUT2D eigenvalue weighted by Gasteiger charge is -2.21. The maximum absolute atomic E-state index is 13.1. The van der Waals surface area contributed by atoms with E-state index in [0.717, 1.165) is 28.8 Å². The fourth-order valence-corrected chi connectivity index (χ4v) is 4.57. The summed E-state index contributed by atoms with van der Waals surface area (Å²) in [5, 5.41) is 36.3.